The van der Waals surface area contributed by atoms with Crippen molar-refractivity contribution >= 4 is 0 Å². The van der Waals surface area contributed by atoms with E-state index in [-0.39, 0.29) is 12.6 Å². The third-order valence-electron chi connectivity index (χ3n) is 2.99. The highest BCUT2D eigenvalue weighted by molar-refractivity contribution is 4.64. The summed E-state index contributed by atoms with van der Waals surface area (Å²) in [5.74, 6) is 0.665. The van der Waals surface area contributed by atoms with Crippen LogP contribution >= 0.6 is 0 Å². The van der Waals surface area contributed by atoms with Crippen LogP contribution in [0.1, 0.15) is 65.2 Å². The van der Waals surface area contributed by atoms with Crippen LogP contribution in [-0.4, -0.2) is 17.8 Å². The maximum absolute atomic E-state index is 8.83. The summed E-state index contributed by atoms with van der Waals surface area (Å²) in [7, 11) is 0. The average molecular weight is 215 g/mol. The van der Waals surface area contributed by atoms with Gasteiger partial charge in [0.2, 0.25) is 0 Å². The van der Waals surface area contributed by atoms with Crippen LogP contribution in [0, 0.1) is 5.92 Å². The molecule has 0 fully saturated rings. The van der Waals surface area contributed by atoms with Crippen molar-refractivity contribution in [3.8, 4) is 0 Å². The molecule has 15 heavy (non-hydrogen) atoms. The zero-order valence-corrected chi connectivity index (χ0v) is 10.5. The van der Waals surface area contributed by atoms with E-state index in [4.69, 9.17) is 10.8 Å². The molecule has 0 aliphatic rings. The first-order chi connectivity index (χ1) is 7.20. The molecule has 0 aliphatic heterocycles. The van der Waals surface area contributed by atoms with Gasteiger partial charge in [-0.1, -0.05) is 58.8 Å². The molecule has 0 heterocycles. The molecule has 0 aliphatic carbocycles. The highest BCUT2D eigenvalue weighted by atomic mass is 16.3. The van der Waals surface area contributed by atoms with Gasteiger partial charge in [0, 0.05) is 6.04 Å². The van der Waals surface area contributed by atoms with Crippen LogP contribution in [0.4, 0.5) is 0 Å². The molecule has 0 aromatic rings. The lowest BCUT2D eigenvalue weighted by atomic mass is 9.96. The molecule has 92 valence electrons. The van der Waals surface area contributed by atoms with Crippen molar-refractivity contribution in [1.82, 2.24) is 0 Å². The van der Waals surface area contributed by atoms with Crippen molar-refractivity contribution in [3.05, 3.63) is 0 Å². The minimum absolute atomic E-state index is 0.0138. The summed E-state index contributed by atoms with van der Waals surface area (Å²) in [6.45, 7) is 4.61. The third kappa shape index (κ3) is 10.2. The summed E-state index contributed by atoms with van der Waals surface area (Å²) < 4.78 is 0. The normalized spacial score (nSPS) is 15.2. The molecule has 0 aromatic carbocycles. The lowest BCUT2D eigenvalue weighted by Crippen LogP contribution is -2.26. The predicted molar refractivity (Wildman–Crippen MR) is 66.8 cm³/mol. The SMILES string of the molecule is CCCCCCCCC(C)CC(N)CO. The lowest BCUT2D eigenvalue weighted by molar-refractivity contribution is 0.244. The van der Waals surface area contributed by atoms with E-state index in [0.717, 1.165) is 6.42 Å². The molecule has 2 nitrogen and oxygen atoms in total. The number of nitrogens with two attached hydrogens (primary N) is 1. The molecule has 0 spiro atoms. The van der Waals surface area contributed by atoms with E-state index in [1.807, 2.05) is 0 Å². The van der Waals surface area contributed by atoms with Crippen molar-refractivity contribution in [1.29, 1.82) is 0 Å². The Kier molecular flexibility index (Phi) is 10.4. The Morgan fingerprint density at radius 1 is 1.07 bits per heavy atom. The van der Waals surface area contributed by atoms with Gasteiger partial charge < -0.3 is 10.8 Å². The number of aliphatic hydroxyl groups is 1. The van der Waals surface area contributed by atoms with E-state index in [9.17, 15) is 0 Å². The van der Waals surface area contributed by atoms with E-state index >= 15 is 0 Å². The Morgan fingerprint density at radius 2 is 1.67 bits per heavy atom. The Hall–Kier alpha value is -0.0800. The van der Waals surface area contributed by atoms with E-state index in [1.54, 1.807) is 0 Å². The predicted octanol–water partition coefficient (Wildman–Crippen LogP) is 3.08. The second-order valence-corrected chi connectivity index (χ2v) is 4.84. The molecule has 2 atom stereocenters. The van der Waals surface area contributed by atoms with Crippen LogP contribution in [0.5, 0.6) is 0 Å². The van der Waals surface area contributed by atoms with Gasteiger partial charge in [0.05, 0.1) is 6.61 Å². The van der Waals surface area contributed by atoms with Gasteiger partial charge in [-0.15, -0.1) is 0 Å². The standard InChI is InChI=1S/C13H29NO/c1-3-4-5-6-7-8-9-12(2)10-13(14)11-15/h12-13,15H,3-11,14H2,1-2H3. The molecule has 2 heteroatoms. The van der Waals surface area contributed by atoms with Crippen LogP contribution in [0.3, 0.4) is 0 Å². The number of hydrogen-bond acceptors (Lipinski definition) is 2. The molecular weight excluding hydrogens is 186 g/mol. The Bertz CT molecular complexity index is 128. The summed E-state index contributed by atoms with van der Waals surface area (Å²) >= 11 is 0. The van der Waals surface area contributed by atoms with Gasteiger partial charge in [0.15, 0.2) is 0 Å². The number of aliphatic hydroxyl groups excluding tert-OH is 1. The zero-order valence-electron chi connectivity index (χ0n) is 10.5. The highest BCUT2D eigenvalue weighted by Crippen LogP contribution is 2.15. The van der Waals surface area contributed by atoms with Crippen molar-refractivity contribution < 1.29 is 5.11 Å². The largest absolute Gasteiger partial charge is 0.395 e. The second-order valence-electron chi connectivity index (χ2n) is 4.84. The Morgan fingerprint density at radius 3 is 2.27 bits per heavy atom. The lowest BCUT2D eigenvalue weighted by Gasteiger charge is -2.14. The maximum Gasteiger partial charge on any atom is 0.0582 e. The monoisotopic (exact) mass is 215 g/mol. The molecule has 0 saturated carbocycles. The first-order valence-electron chi connectivity index (χ1n) is 6.57. The van der Waals surface area contributed by atoms with Crippen LogP contribution in [-0.2, 0) is 0 Å². The summed E-state index contributed by atoms with van der Waals surface area (Å²) in [5.41, 5.74) is 5.69. The molecule has 0 amide bonds. The van der Waals surface area contributed by atoms with Crippen LogP contribution in [0.15, 0.2) is 0 Å². The van der Waals surface area contributed by atoms with Crippen molar-refractivity contribution in [3.63, 3.8) is 0 Å². The van der Waals surface area contributed by atoms with Crippen LogP contribution in [0.2, 0.25) is 0 Å². The molecule has 3 N–H and O–H groups in total. The quantitative estimate of drug-likeness (QED) is 0.550. The first-order valence-corrected chi connectivity index (χ1v) is 6.57. The molecular formula is C13H29NO. The first kappa shape index (κ1) is 14.9. The minimum Gasteiger partial charge on any atom is -0.395 e. The molecule has 0 bridgehead atoms. The fourth-order valence-electron chi connectivity index (χ4n) is 1.98. The fraction of sp³-hybridized carbons (Fsp3) is 1.00. The number of rotatable bonds is 10. The highest BCUT2D eigenvalue weighted by Gasteiger charge is 2.07. The van der Waals surface area contributed by atoms with E-state index < -0.39 is 0 Å². The van der Waals surface area contributed by atoms with Crippen LogP contribution < -0.4 is 5.73 Å². The van der Waals surface area contributed by atoms with Crippen molar-refractivity contribution in [2.75, 3.05) is 6.61 Å². The molecule has 0 aromatic heterocycles. The Balaban J connectivity index is 3.20. The van der Waals surface area contributed by atoms with E-state index in [0.29, 0.717) is 5.92 Å². The van der Waals surface area contributed by atoms with Crippen LogP contribution in [0.25, 0.3) is 0 Å². The van der Waals surface area contributed by atoms with Gasteiger partial charge in [0.1, 0.15) is 0 Å². The molecule has 0 rings (SSSR count). The van der Waals surface area contributed by atoms with E-state index in [2.05, 4.69) is 13.8 Å². The topological polar surface area (TPSA) is 46.2 Å². The number of unbranched alkanes of at least 4 members (excludes halogenated alkanes) is 5. The summed E-state index contributed by atoms with van der Waals surface area (Å²) in [6, 6.07) is -0.0138. The minimum atomic E-state index is -0.0138. The maximum atomic E-state index is 8.83. The fourth-order valence-corrected chi connectivity index (χ4v) is 1.98. The van der Waals surface area contributed by atoms with Gasteiger partial charge in [0.25, 0.3) is 0 Å². The smallest absolute Gasteiger partial charge is 0.0582 e. The number of hydrogen-bond donors (Lipinski definition) is 2. The summed E-state index contributed by atoms with van der Waals surface area (Å²) in [5, 5.41) is 8.83. The van der Waals surface area contributed by atoms with Crippen molar-refractivity contribution in [2.45, 2.75) is 71.3 Å². The Labute approximate surface area is 95.3 Å². The van der Waals surface area contributed by atoms with Gasteiger partial charge >= 0.3 is 0 Å². The molecule has 2 unspecified atom stereocenters. The molecule has 0 radical (unpaired) electrons. The molecule has 0 saturated heterocycles. The third-order valence-corrected chi connectivity index (χ3v) is 2.99. The van der Waals surface area contributed by atoms with Gasteiger partial charge in [-0.2, -0.15) is 0 Å². The zero-order chi connectivity index (χ0) is 11.5. The average Bonchev–Trinajstić information content (AvgIpc) is 2.23. The second kappa shape index (κ2) is 10.4. The van der Waals surface area contributed by atoms with Gasteiger partial charge in [-0.05, 0) is 12.3 Å². The summed E-state index contributed by atoms with van der Waals surface area (Å²) in [4.78, 5) is 0. The summed E-state index contributed by atoms with van der Waals surface area (Å²) in [6.07, 6.45) is 10.4. The van der Waals surface area contributed by atoms with Gasteiger partial charge in [-0.3, -0.25) is 0 Å². The van der Waals surface area contributed by atoms with Crippen molar-refractivity contribution in [2.24, 2.45) is 11.7 Å². The van der Waals surface area contributed by atoms with E-state index in [1.165, 1.54) is 44.9 Å². The van der Waals surface area contributed by atoms with Gasteiger partial charge in [-0.25, -0.2) is 0 Å².